The second-order valence-corrected chi connectivity index (χ2v) is 6.65. The quantitative estimate of drug-likeness (QED) is 0.889. The summed E-state index contributed by atoms with van der Waals surface area (Å²) in [6.45, 7) is 0. The lowest BCUT2D eigenvalue weighted by Gasteiger charge is -2.30. The highest BCUT2D eigenvalue weighted by Crippen LogP contribution is 2.37. The standard InChI is InChI=1S/C17H19F2NS/c1-20-16(10-11-5-6-14(18)15(19)9-11)12-3-2-4-17-13(12)7-8-21-17/h5-9,12,16,20H,2-4,10H2,1H3. The van der Waals surface area contributed by atoms with Gasteiger partial charge in [0.05, 0.1) is 0 Å². The molecule has 0 fully saturated rings. The summed E-state index contributed by atoms with van der Waals surface area (Å²) in [5.41, 5.74) is 2.28. The minimum Gasteiger partial charge on any atom is -0.316 e. The Morgan fingerprint density at radius 3 is 2.90 bits per heavy atom. The fourth-order valence-electron chi connectivity index (χ4n) is 3.31. The molecule has 4 heteroatoms. The van der Waals surface area contributed by atoms with Gasteiger partial charge in [0.2, 0.25) is 0 Å². The molecule has 0 radical (unpaired) electrons. The van der Waals surface area contributed by atoms with Gasteiger partial charge in [0.25, 0.3) is 0 Å². The summed E-state index contributed by atoms with van der Waals surface area (Å²) < 4.78 is 26.4. The molecule has 1 heterocycles. The lowest BCUT2D eigenvalue weighted by atomic mass is 9.80. The Hall–Kier alpha value is -1.26. The highest BCUT2D eigenvalue weighted by molar-refractivity contribution is 7.10. The molecule has 3 rings (SSSR count). The predicted octanol–water partition coefficient (Wildman–Crippen LogP) is 4.28. The molecular formula is C17H19F2NS. The minimum absolute atomic E-state index is 0.253. The van der Waals surface area contributed by atoms with E-state index in [2.05, 4.69) is 16.8 Å². The molecule has 112 valence electrons. The molecule has 1 aromatic carbocycles. The second kappa shape index (κ2) is 6.24. The van der Waals surface area contributed by atoms with Crippen LogP contribution in [0.3, 0.4) is 0 Å². The van der Waals surface area contributed by atoms with E-state index in [1.54, 1.807) is 6.07 Å². The first-order valence-electron chi connectivity index (χ1n) is 7.36. The molecule has 1 aliphatic carbocycles. The van der Waals surface area contributed by atoms with Gasteiger partial charge >= 0.3 is 0 Å². The Labute approximate surface area is 128 Å². The van der Waals surface area contributed by atoms with Gasteiger partial charge in [-0.1, -0.05) is 6.07 Å². The SMILES string of the molecule is CNC(Cc1ccc(F)c(F)c1)C1CCCc2sccc21. The zero-order valence-corrected chi connectivity index (χ0v) is 12.9. The van der Waals surface area contributed by atoms with E-state index in [1.807, 2.05) is 18.4 Å². The normalized spacial score (nSPS) is 19.3. The van der Waals surface area contributed by atoms with Crippen LogP contribution < -0.4 is 5.32 Å². The molecule has 0 saturated heterocycles. The summed E-state index contributed by atoms with van der Waals surface area (Å²) in [4.78, 5) is 1.48. The van der Waals surface area contributed by atoms with E-state index in [1.165, 1.54) is 35.4 Å². The van der Waals surface area contributed by atoms with Gasteiger partial charge in [0.1, 0.15) is 0 Å². The van der Waals surface area contributed by atoms with Gasteiger partial charge in [-0.25, -0.2) is 8.78 Å². The van der Waals surface area contributed by atoms with Crippen LogP contribution in [0.4, 0.5) is 8.78 Å². The van der Waals surface area contributed by atoms with Crippen LogP contribution in [0.1, 0.15) is 34.8 Å². The van der Waals surface area contributed by atoms with E-state index in [0.29, 0.717) is 12.3 Å². The smallest absolute Gasteiger partial charge is 0.159 e. The van der Waals surface area contributed by atoms with Gasteiger partial charge in [-0.3, -0.25) is 0 Å². The van der Waals surface area contributed by atoms with Crippen molar-refractivity contribution in [2.45, 2.75) is 37.6 Å². The lowest BCUT2D eigenvalue weighted by molar-refractivity contribution is 0.412. The van der Waals surface area contributed by atoms with Crippen molar-refractivity contribution < 1.29 is 8.78 Å². The van der Waals surface area contributed by atoms with Gasteiger partial charge < -0.3 is 5.32 Å². The average Bonchev–Trinajstić information content (AvgIpc) is 2.97. The maximum absolute atomic E-state index is 13.4. The summed E-state index contributed by atoms with van der Waals surface area (Å²) in [6.07, 6.45) is 4.24. The van der Waals surface area contributed by atoms with E-state index >= 15 is 0 Å². The molecule has 1 N–H and O–H groups in total. The molecule has 1 aliphatic rings. The molecule has 2 unspecified atom stereocenters. The summed E-state index contributed by atoms with van der Waals surface area (Å²) in [7, 11) is 1.95. The van der Waals surface area contributed by atoms with Crippen LogP contribution in [0.15, 0.2) is 29.6 Å². The number of hydrogen-bond acceptors (Lipinski definition) is 2. The third-order valence-electron chi connectivity index (χ3n) is 4.39. The Morgan fingerprint density at radius 2 is 2.14 bits per heavy atom. The summed E-state index contributed by atoms with van der Waals surface area (Å²) >= 11 is 1.83. The van der Waals surface area contributed by atoms with E-state index in [-0.39, 0.29) is 6.04 Å². The fraction of sp³-hybridized carbons (Fsp3) is 0.412. The van der Waals surface area contributed by atoms with Crippen molar-refractivity contribution in [3.05, 3.63) is 57.3 Å². The van der Waals surface area contributed by atoms with Crippen LogP contribution in [0.25, 0.3) is 0 Å². The molecule has 0 bridgehead atoms. The first-order valence-corrected chi connectivity index (χ1v) is 8.24. The Morgan fingerprint density at radius 1 is 1.29 bits per heavy atom. The summed E-state index contributed by atoms with van der Waals surface area (Å²) in [5.74, 6) is -1.09. The monoisotopic (exact) mass is 307 g/mol. The first-order chi connectivity index (χ1) is 10.2. The van der Waals surface area contributed by atoms with Crippen molar-refractivity contribution in [1.82, 2.24) is 5.32 Å². The third-order valence-corrected chi connectivity index (χ3v) is 5.39. The Kier molecular flexibility index (Phi) is 4.36. The van der Waals surface area contributed by atoms with Crippen molar-refractivity contribution >= 4 is 11.3 Å². The van der Waals surface area contributed by atoms with Crippen molar-refractivity contribution in [1.29, 1.82) is 0 Å². The number of nitrogens with one attached hydrogen (secondary N) is 1. The largest absolute Gasteiger partial charge is 0.316 e. The van der Waals surface area contributed by atoms with Gasteiger partial charge in [0, 0.05) is 16.8 Å². The Balaban J connectivity index is 1.81. The molecule has 0 amide bonds. The maximum Gasteiger partial charge on any atom is 0.159 e. The summed E-state index contributed by atoms with van der Waals surface area (Å²) in [6, 6.07) is 6.69. The van der Waals surface area contributed by atoms with Crippen LogP contribution in [-0.4, -0.2) is 13.1 Å². The molecule has 1 aromatic heterocycles. The summed E-state index contributed by atoms with van der Waals surface area (Å²) in [5, 5.41) is 5.53. The molecule has 0 aliphatic heterocycles. The number of aryl methyl sites for hydroxylation is 1. The van der Waals surface area contributed by atoms with Crippen LogP contribution in [-0.2, 0) is 12.8 Å². The lowest BCUT2D eigenvalue weighted by Crippen LogP contribution is -2.35. The van der Waals surface area contributed by atoms with Gasteiger partial charge in [-0.2, -0.15) is 0 Å². The van der Waals surface area contributed by atoms with Crippen LogP contribution in [0, 0.1) is 11.6 Å². The third kappa shape index (κ3) is 3.01. The molecule has 0 spiro atoms. The van der Waals surface area contributed by atoms with E-state index in [9.17, 15) is 8.78 Å². The van der Waals surface area contributed by atoms with E-state index in [0.717, 1.165) is 12.0 Å². The van der Waals surface area contributed by atoms with Crippen molar-refractivity contribution in [3.8, 4) is 0 Å². The number of rotatable bonds is 4. The van der Waals surface area contributed by atoms with Crippen LogP contribution in [0.5, 0.6) is 0 Å². The van der Waals surface area contributed by atoms with E-state index < -0.39 is 11.6 Å². The second-order valence-electron chi connectivity index (χ2n) is 5.65. The molecular weight excluding hydrogens is 288 g/mol. The van der Waals surface area contributed by atoms with E-state index in [4.69, 9.17) is 0 Å². The van der Waals surface area contributed by atoms with Crippen LogP contribution >= 0.6 is 11.3 Å². The maximum atomic E-state index is 13.4. The number of likely N-dealkylation sites (N-methyl/N-ethyl adjacent to an activating group) is 1. The zero-order valence-electron chi connectivity index (χ0n) is 12.0. The number of hydrogen-bond donors (Lipinski definition) is 1. The molecule has 2 aromatic rings. The predicted molar refractivity (Wildman–Crippen MR) is 82.9 cm³/mol. The molecule has 21 heavy (non-hydrogen) atoms. The Bertz CT molecular complexity index is 623. The molecule has 2 atom stereocenters. The highest BCUT2D eigenvalue weighted by Gasteiger charge is 2.28. The first kappa shape index (κ1) is 14.7. The van der Waals surface area contributed by atoms with Gasteiger partial charge in [-0.15, -0.1) is 11.3 Å². The number of fused-ring (bicyclic) bond motifs is 1. The average molecular weight is 307 g/mol. The molecule has 1 nitrogen and oxygen atoms in total. The van der Waals surface area contributed by atoms with Crippen LogP contribution in [0.2, 0.25) is 0 Å². The number of halogens is 2. The van der Waals surface area contributed by atoms with Crippen molar-refractivity contribution in [2.24, 2.45) is 0 Å². The van der Waals surface area contributed by atoms with Crippen molar-refractivity contribution in [3.63, 3.8) is 0 Å². The zero-order chi connectivity index (χ0) is 14.8. The van der Waals surface area contributed by atoms with Gasteiger partial charge in [-0.05, 0) is 67.4 Å². The molecule has 0 saturated carbocycles. The fourth-order valence-corrected chi connectivity index (χ4v) is 4.30. The number of thiophene rings is 1. The topological polar surface area (TPSA) is 12.0 Å². The highest BCUT2D eigenvalue weighted by atomic mass is 32.1. The van der Waals surface area contributed by atoms with Gasteiger partial charge in [0.15, 0.2) is 11.6 Å². The van der Waals surface area contributed by atoms with Crippen molar-refractivity contribution in [2.75, 3.05) is 7.05 Å². The minimum atomic E-state index is -0.780. The number of benzene rings is 1.